The second-order valence-electron chi connectivity index (χ2n) is 0.447. The van der Waals surface area contributed by atoms with E-state index in [0.29, 0.717) is 0 Å². The van der Waals surface area contributed by atoms with Crippen LogP contribution >= 0.6 is 0 Å². The molecule has 0 saturated carbocycles. The minimum atomic E-state index is -0.125. The molecule has 0 aliphatic heterocycles. The maximum atomic E-state index is 7.62. The van der Waals surface area contributed by atoms with Crippen LogP contribution < -0.4 is 11.7 Å². The van der Waals surface area contributed by atoms with Gasteiger partial charge >= 0.3 is 0 Å². The molecule has 0 saturated heterocycles. The van der Waals surface area contributed by atoms with E-state index in [2.05, 4.69) is 11.7 Å². The second kappa shape index (κ2) is 41.2. The van der Waals surface area contributed by atoms with Crippen molar-refractivity contribution in [1.82, 2.24) is 0 Å². The molecule has 0 aromatic carbocycles. The van der Waals surface area contributed by atoms with Gasteiger partial charge in [-0.15, -0.1) is 0 Å². The van der Waals surface area contributed by atoms with Gasteiger partial charge in [0.2, 0.25) is 0 Å². The van der Waals surface area contributed by atoms with Crippen LogP contribution in [0.5, 0.6) is 0 Å². The first-order chi connectivity index (χ1) is 2.91. The molecular weight excluding hydrogens is 100 g/mol. The van der Waals surface area contributed by atoms with Crippen LogP contribution in [0.4, 0.5) is 0 Å². The lowest BCUT2D eigenvalue weighted by atomic mass is 10.8. The Morgan fingerprint density at radius 3 is 1.14 bits per heavy atom. The third-order valence-corrected chi connectivity index (χ3v) is 0.1000. The molecule has 0 aliphatic carbocycles. The van der Waals surface area contributed by atoms with Gasteiger partial charge in [0.25, 0.3) is 0 Å². The van der Waals surface area contributed by atoms with E-state index < -0.39 is 0 Å². The number of nitrogens with two attached hydrogens (primary N) is 2. The fourth-order valence-corrected chi connectivity index (χ4v) is 0. The van der Waals surface area contributed by atoms with Gasteiger partial charge in [0, 0.05) is 0 Å². The van der Waals surface area contributed by atoms with Crippen LogP contribution in [0.25, 0.3) is 0 Å². The number of hydrogen-bond donors (Lipinski definition) is 4. The molecular formula is C2H12N2O3. The van der Waals surface area contributed by atoms with Gasteiger partial charge in [-0.2, -0.15) is 0 Å². The molecule has 0 aromatic rings. The van der Waals surface area contributed by atoms with Crippen LogP contribution in [-0.4, -0.2) is 28.9 Å². The summed E-state index contributed by atoms with van der Waals surface area (Å²) in [6, 6.07) is 0. The maximum Gasteiger partial charge on any atom is 0.0662 e. The number of aliphatic hydroxyl groups is 2. The highest BCUT2D eigenvalue weighted by Gasteiger charge is 1.58. The highest BCUT2D eigenvalue weighted by atomic mass is 16.3. The predicted octanol–water partition coefficient (Wildman–Crippen LogP) is -3.03. The van der Waals surface area contributed by atoms with E-state index in [0.717, 1.165) is 0 Å². The van der Waals surface area contributed by atoms with E-state index in [9.17, 15) is 0 Å². The van der Waals surface area contributed by atoms with Gasteiger partial charge in [-0.25, -0.2) is 0 Å². The summed E-state index contributed by atoms with van der Waals surface area (Å²) < 4.78 is 0. The number of rotatable bonds is 1. The molecule has 0 fully saturated rings. The van der Waals surface area contributed by atoms with Crippen LogP contribution in [0.15, 0.2) is 0 Å². The van der Waals surface area contributed by atoms with Crippen molar-refractivity contribution in [2.75, 3.05) is 13.2 Å². The Bertz CT molecular complexity index is 12.9. The van der Waals surface area contributed by atoms with Crippen molar-refractivity contribution in [3.05, 3.63) is 0 Å². The zero-order valence-corrected chi connectivity index (χ0v) is 3.96. The van der Waals surface area contributed by atoms with Crippen LogP contribution in [0, 0.1) is 0 Å². The SMILES string of the molecule is NN.O.OCCO. The van der Waals surface area contributed by atoms with Gasteiger partial charge in [-0.1, -0.05) is 0 Å². The zero-order chi connectivity index (χ0) is 5.41. The topological polar surface area (TPSA) is 124 Å². The molecule has 8 N–H and O–H groups in total. The highest BCUT2D eigenvalue weighted by Crippen LogP contribution is 1.39. The molecule has 48 valence electrons. The minimum Gasteiger partial charge on any atom is -0.412 e. The summed E-state index contributed by atoms with van der Waals surface area (Å²) in [5.74, 6) is 8.00. The van der Waals surface area contributed by atoms with E-state index >= 15 is 0 Å². The summed E-state index contributed by atoms with van der Waals surface area (Å²) in [7, 11) is 0. The molecule has 0 heterocycles. The van der Waals surface area contributed by atoms with E-state index in [-0.39, 0.29) is 18.7 Å². The number of hydrazine groups is 1. The van der Waals surface area contributed by atoms with Gasteiger partial charge in [0.15, 0.2) is 0 Å². The summed E-state index contributed by atoms with van der Waals surface area (Å²) in [5, 5.41) is 15.2. The molecule has 0 bridgehead atoms. The molecule has 0 radical (unpaired) electrons. The molecule has 0 aromatic heterocycles. The van der Waals surface area contributed by atoms with Crippen molar-refractivity contribution in [1.29, 1.82) is 0 Å². The van der Waals surface area contributed by atoms with Crippen molar-refractivity contribution in [2.24, 2.45) is 11.7 Å². The Balaban J connectivity index is -0.0000000480. The first-order valence-corrected chi connectivity index (χ1v) is 1.47. The lowest BCUT2D eigenvalue weighted by molar-refractivity contribution is 0.186. The summed E-state index contributed by atoms with van der Waals surface area (Å²) >= 11 is 0. The summed E-state index contributed by atoms with van der Waals surface area (Å²) in [4.78, 5) is 0. The predicted molar refractivity (Wildman–Crippen MR) is 26.2 cm³/mol. The molecule has 7 heavy (non-hydrogen) atoms. The minimum absolute atomic E-state index is 0. The Kier molecular flexibility index (Phi) is 93.3. The average Bonchev–Trinajstić information content (AvgIpc) is 1.72. The van der Waals surface area contributed by atoms with E-state index in [4.69, 9.17) is 10.2 Å². The van der Waals surface area contributed by atoms with Crippen LogP contribution in [0.1, 0.15) is 0 Å². The molecule has 5 heteroatoms. The van der Waals surface area contributed by atoms with Gasteiger partial charge < -0.3 is 15.7 Å². The van der Waals surface area contributed by atoms with Crippen molar-refractivity contribution in [2.45, 2.75) is 0 Å². The van der Waals surface area contributed by atoms with Crippen molar-refractivity contribution < 1.29 is 15.7 Å². The first kappa shape index (κ1) is 15.8. The fraction of sp³-hybridized carbons (Fsp3) is 1.00. The molecule has 5 nitrogen and oxygen atoms in total. The van der Waals surface area contributed by atoms with Gasteiger partial charge in [-0.05, 0) is 0 Å². The van der Waals surface area contributed by atoms with Crippen LogP contribution in [0.2, 0.25) is 0 Å². The Morgan fingerprint density at radius 2 is 1.14 bits per heavy atom. The van der Waals surface area contributed by atoms with Crippen molar-refractivity contribution >= 4 is 0 Å². The van der Waals surface area contributed by atoms with Crippen LogP contribution in [0.3, 0.4) is 0 Å². The molecule has 0 spiro atoms. The Labute approximate surface area is 41.8 Å². The van der Waals surface area contributed by atoms with Crippen molar-refractivity contribution in [3.8, 4) is 0 Å². The highest BCUT2D eigenvalue weighted by molar-refractivity contribution is 4.06. The summed E-state index contributed by atoms with van der Waals surface area (Å²) in [5.41, 5.74) is 0. The molecule has 0 rings (SSSR count). The molecule has 0 amide bonds. The van der Waals surface area contributed by atoms with Gasteiger partial charge in [-0.3, -0.25) is 11.7 Å². The van der Waals surface area contributed by atoms with Crippen LogP contribution in [-0.2, 0) is 0 Å². The third kappa shape index (κ3) is 131. The Hall–Kier alpha value is -0.200. The maximum absolute atomic E-state index is 7.62. The van der Waals surface area contributed by atoms with E-state index in [1.54, 1.807) is 0 Å². The standard InChI is InChI=1S/C2H6O2.H4N2.H2O/c3-1-2-4;1-2;/h3-4H,1-2H2;1-2H2;1H2. The molecule has 0 unspecified atom stereocenters. The lowest BCUT2D eigenvalue weighted by Crippen LogP contribution is -2.02. The van der Waals surface area contributed by atoms with E-state index in [1.807, 2.05) is 0 Å². The first-order valence-electron chi connectivity index (χ1n) is 1.47. The molecule has 0 aliphatic rings. The average molecular weight is 112 g/mol. The monoisotopic (exact) mass is 112 g/mol. The number of aliphatic hydroxyl groups excluding tert-OH is 2. The van der Waals surface area contributed by atoms with Gasteiger partial charge in [0.05, 0.1) is 13.2 Å². The quantitative estimate of drug-likeness (QED) is 0.212. The zero-order valence-electron chi connectivity index (χ0n) is 3.96. The largest absolute Gasteiger partial charge is 0.412 e. The third-order valence-electron chi connectivity index (χ3n) is 0.1000. The van der Waals surface area contributed by atoms with Gasteiger partial charge in [0.1, 0.15) is 0 Å². The smallest absolute Gasteiger partial charge is 0.0662 e. The lowest BCUT2D eigenvalue weighted by Gasteiger charge is -1.70. The normalized spacial score (nSPS) is 5.14. The summed E-state index contributed by atoms with van der Waals surface area (Å²) in [6.45, 7) is -0.250. The van der Waals surface area contributed by atoms with Crippen molar-refractivity contribution in [3.63, 3.8) is 0 Å². The number of hydrogen-bond acceptors (Lipinski definition) is 4. The molecule has 0 atom stereocenters. The fourth-order valence-electron chi connectivity index (χ4n) is 0. The Morgan fingerprint density at radius 1 is 1.00 bits per heavy atom. The summed E-state index contributed by atoms with van der Waals surface area (Å²) in [6.07, 6.45) is 0. The van der Waals surface area contributed by atoms with E-state index in [1.165, 1.54) is 0 Å². The second-order valence-corrected chi connectivity index (χ2v) is 0.447.